The maximum Gasteiger partial charge on any atom is 0.325 e. The Labute approximate surface area is 253 Å². The lowest BCUT2D eigenvalue weighted by atomic mass is 9.84. The number of hydrogen-bond acceptors (Lipinski definition) is 8. The summed E-state index contributed by atoms with van der Waals surface area (Å²) >= 11 is 0. The summed E-state index contributed by atoms with van der Waals surface area (Å²) < 4.78 is 4.90. The van der Waals surface area contributed by atoms with Crippen molar-refractivity contribution in [2.45, 2.75) is 64.8 Å². The zero-order valence-electron chi connectivity index (χ0n) is 25.3. The Morgan fingerprint density at radius 2 is 1.51 bits per heavy atom. The molecule has 0 spiro atoms. The highest BCUT2D eigenvalue weighted by Crippen LogP contribution is 2.35. The number of benzene rings is 2. The molecular weight excluding hydrogens is 548 g/mol. The van der Waals surface area contributed by atoms with E-state index in [0.29, 0.717) is 41.5 Å². The van der Waals surface area contributed by atoms with Crippen LogP contribution in [0.1, 0.15) is 44.7 Å². The first-order valence-electron chi connectivity index (χ1n) is 14.7. The van der Waals surface area contributed by atoms with Crippen molar-refractivity contribution in [3.8, 4) is 0 Å². The van der Waals surface area contributed by atoms with Crippen LogP contribution in [0.2, 0.25) is 0 Å². The number of hydroxylamine groups is 1. The maximum absolute atomic E-state index is 14.0. The number of allylic oxidation sites excluding steroid dienone is 2. The molecular formula is C33H42N4O6. The lowest BCUT2D eigenvalue weighted by Crippen LogP contribution is -2.51. The minimum atomic E-state index is -0.845. The predicted molar refractivity (Wildman–Crippen MR) is 162 cm³/mol. The van der Waals surface area contributed by atoms with Gasteiger partial charge in [0.05, 0.1) is 25.9 Å². The number of carbonyl (C=O) groups excluding carboxylic acids is 3. The van der Waals surface area contributed by atoms with Gasteiger partial charge in [0.25, 0.3) is 5.91 Å². The van der Waals surface area contributed by atoms with Gasteiger partial charge in [0.15, 0.2) is 0 Å². The average molecular weight is 591 g/mol. The molecule has 1 heterocycles. The van der Waals surface area contributed by atoms with E-state index in [2.05, 4.69) is 16.1 Å². The highest BCUT2D eigenvalue weighted by atomic mass is 16.6. The molecule has 4 N–H and O–H groups in total. The number of aliphatic hydroxyl groups excluding tert-OH is 1. The molecule has 2 aromatic carbocycles. The molecule has 0 radical (unpaired) electrons. The Kier molecular flexibility index (Phi) is 11.1. The van der Waals surface area contributed by atoms with Crippen LogP contribution in [-0.2, 0) is 37.0 Å². The average Bonchev–Trinajstić information content (AvgIpc) is 3.83. The molecule has 3 atom stereocenters. The SMILES string of the molecule is COC(=O)CN1C(C)=C(C(=O)NOCc2ccccc2)C(C)C(C(=O)N[C@@H](Cc2ccccc2)[C@H](O)CNC2CC2)=C1C. The molecule has 2 aliphatic rings. The van der Waals surface area contributed by atoms with E-state index in [1.807, 2.05) is 60.7 Å². The first-order chi connectivity index (χ1) is 20.7. The standard InChI is InChI=1S/C33H42N4O6/c1-21-30(32(40)35-27(17-24-11-7-5-8-12-24)28(38)18-34-26-15-16-26)22(2)37(19-29(39)42-4)23(3)31(21)33(41)36-43-20-25-13-9-6-10-14-25/h5-14,21,26-28,34,38H,15-20H2,1-4H3,(H,35,40)(H,36,41)/t21?,27-,28+/m0/s1. The molecule has 1 unspecified atom stereocenters. The summed E-state index contributed by atoms with van der Waals surface area (Å²) in [5.41, 5.74) is 6.02. The van der Waals surface area contributed by atoms with Crippen LogP contribution >= 0.6 is 0 Å². The maximum atomic E-state index is 14.0. The second-order valence-corrected chi connectivity index (χ2v) is 11.1. The molecule has 10 heteroatoms. The van der Waals surface area contributed by atoms with Crippen molar-refractivity contribution in [3.05, 3.63) is 94.3 Å². The fraction of sp³-hybridized carbons (Fsp3) is 0.424. The van der Waals surface area contributed by atoms with Crippen LogP contribution < -0.4 is 16.1 Å². The van der Waals surface area contributed by atoms with Crippen LogP contribution in [0.4, 0.5) is 0 Å². The van der Waals surface area contributed by atoms with E-state index in [4.69, 9.17) is 9.57 Å². The minimum absolute atomic E-state index is 0.162. The van der Waals surface area contributed by atoms with E-state index in [1.165, 1.54) is 7.11 Å². The van der Waals surface area contributed by atoms with Crippen molar-refractivity contribution in [2.24, 2.45) is 5.92 Å². The summed E-state index contributed by atoms with van der Waals surface area (Å²) in [4.78, 5) is 47.0. The molecule has 0 aromatic heterocycles. The quantitative estimate of drug-likeness (QED) is 0.195. The molecule has 0 saturated heterocycles. The Bertz CT molecular complexity index is 1340. The molecule has 1 aliphatic heterocycles. The van der Waals surface area contributed by atoms with Crippen LogP contribution in [0.5, 0.6) is 0 Å². The van der Waals surface area contributed by atoms with E-state index in [1.54, 1.807) is 25.7 Å². The third-order valence-electron chi connectivity index (χ3n) is 7.98. The van der Waals surface area contributed by atoms with Gasteiger partial charge in [-0.2, -0.15) is 0 Å². The van der Waals surface area contributed by atoms with Crippen LogP contribution in [0.3, 0.4) is 0 Å². The van der Waals surface area contributed by atoms with Crippen molar-refractivity contribution < 1.29 is 29.1 Å². The van der Waals surface area contributed by atoms with Crippen LogP contribution in [0.25, 0.3) is 0 Å². The molecule has 10 nitrogen and oxygen atoms in total. The Hall–Kier alpha value is -3.99. The number of ether oxygens (including phenoxy) is 1. The van der Waals surface area contributed by atoms with Crippen molar-refractivity contribution in [3.63, 3.8) is 0 Å². The minimum Gasteiger partial charge on any atom is -0.468 e. The van der Waals surface area contributed by atoms with E-state index >= 15 is 0 Å². The second-order valence-electron chi connectivity index (χ2n) is 11.1. The lowest BCUT2D eigenvalue weighted by molar-refractivity contribution is -0.141. The summed E-state index contributed by atoms with van der Waals surface area (Å²) in [6.45, 7) is 5.58. The van der Waals surface area contributed by atoms with E-state index in [-0.39, 0.29) is 13.2 Å². The van der Waals surface area contributed by atoms with E-state index < -0.39 is 35.8 Å². The predicted octanol–water partition coefficient (Wildman–Crippen LogP) is 2.75. The number of methoxy groups -OCH3 is 1. The number of nitrogens with one attached hydrogen (secondary N) is 3. The van der Waals surface area contributed by atoms with Gasteiger partial charge in [-0.05, 0) is 44.2 Å². The molecule has 4 rings (SSSR count). The van der Waals surface area contributed by atoms with Gasteiger partial charge in [0.2, 0.25) is 5.91 Å². The molecule has 2 amide bonds. The fourth-order valence-corrected chi connectivity index (χ4v) is 5.39. The molecule has 230 valence electrons. The van der Waals surface area contributed by atoms with Gasteiger partial charge in [0, 0.05) is 41.0 Å². The summed E-state index contributed by atoms with van der Waals surface area (Å²) in [6, 6.07) is 18.9. The summed E-state index contributed by atoms with van der Waals surface area (Å²) in [7, 11) is 1.29. The highest BCUT2D eigenvalue weighted by molar-refractivity contribution is 6.01. The number of esters is 1. The highest BCUT2D eigenvalue weighted by Gasteiger charge is 2.38. The third-order valence-corrected chi connectivity index (χ3v) is 7.98. The zero-order valence-corrected chi connectivity index (χ0v) is 25.3. The number of rotatable bonds is 14. The Balaban J connectivity index is 1.57. The van der Waals surface area contributed by atoms with Gasteiger partial charge in [0.1, 0.15) is 6.54 Å². The monoisotopic (exact) mass is 590 g/mol. The van der Waals surface area contributed by atoms with Gasteiger partial charge in [-0.1, -0.05) is 67.6 Å². The smallest absolute Gasteiger partial charge is 0.325 e. The summed E-state index contributed by atoms with van der Waals surface area (Å²) in [5, 5.41) is 17.5. The number of aliphatic hydroxyl groups is 1. The molecule has 43 heavy (non-hydrogen) atoms. The van der Waals surface area contributed by atoms with Gasteiger partial charge in [-0.25, -0.2) is 5.48 Å². The fourth-order valence-electron chi connectivity index (χ4n) is 5.39. The first-order valence-corrected chi connectivity index (χ1v) is 14.7. The number of amides is 2. The van der Waals surface area contributed by atoms with Crippen molar-refractivity contribution in [1.29, 1.82) is 0 Å². The summed E-state index contributed by atoms with van der Waals surface area (Å²) in [6.07, 6.45) is 1.73. The molecule has 1 aliphatic carbocycles. The lowest BCUT2D eigenvalue weighted by Gasteiger charge is -2.37. The van der Waals surface area contributed by atoms with Crippen molar-refractivity contribution >= 4 is 17.8 Å². The molecule has 2 aromatic rings. The first kappa shape index (κ1) is 31.9. The number of carbonyl (C=O) groups is 3. The summed E-state index contributed by atoms with van der Waals surface area (Å²) in [5.74, 6) is -2.08. The van der Waals surface area contributed by atoms with Gasteiger partial charge < -0.3 is 25.4 Å². The van der Waals surface area contributed by atoms with Crippen molar-refractivity contribution in [2.75, 3.05) is 20.2 Å². The van der Waals surface area contributed by atoms with Gasteiger partial charge in [-0.3, -0.25) is 19.2 Å². The van der Waals surface area contributed by atoms with Gasteiger partial charge >= 0.3 is 5.97 Å². The zero-order chi connectivity index (χ0) is 30.9. The largest absolute Gasteiger partial charge is 0.468 e. The molecule has 1 fully saturated rings. The topological polar surface area (TPSA) is 129 Å². The van der Waals surface area contributed by atoms with Crippen molar-refractivity contribution in [1.82, 2.24) is 21.0 Å². The van der Waals surface area contributed by atoms with Crippen LogP contribution in [0.15, 0.2) is 83.2 Å². The van der Waals surface area contributed by atoms with Gasteiger partial charge in [-0.15, -0.1) is 0 Å². The van der Waals surface area contributed by atoms with Crippen LogP contribution in [0, 0.1) is 5.92 Å². The van der Waals surface area contributed by atoms with E-state index in [9.17, 15) is 19.5 Å². The molecule has 0 bridgehead atoms. The second kappa shape index (κ2) is 15.0. The third kappa shape index (κ3) is 8.53. The normalized spacial score (nSPS) is 18.3. The number of nitrogens with zero attached hydrogens (tertiary/aromatic N) is 1. The number of hydrogen-bond donors (Lipinski definition) is 4. The van der Waals surface area contributed by atoms with Crippen LogP contribution in [-0.4, -0.2) is 66.2 Å². The Morgan fingerprint density at radius 1 is 0.930 bits per heavy atom. The Morgan fingerprint density at radius 3 is 2.09 bits per heavy atom. The molecule has 1 saturated carbocycles. The van der Waals surface area contributed by atoms with E-state index in [0.717, 1.165) is 24.0 Å².